The molecule has 2 aromatic carbocycles. The molecule has 3 unspecified atom stereocenters. The number of carbonyl (C=O) groups excluding carboxylic acids is 2. The second-order valence-corrected chi connectivity index (χ2v) is 7.98. The average molecular weight is 437 g/mol. The highest BCUT2D eigenvalue weighted by atomic mass is 19.2. The van der Waals surface area contributed by atoms with Crippen LogP contribution in [-0.4, -0.2) is 29.3 Å². The first-order valence-corrected chi connectivity index (χ1v) is 9.78. The number of nitrogens with zero attached hydrogens (tertiary/aromatic N) is 1. The van der Waals surface area contributed by atoms with Crippen LogP contribution in [0.4, 0.5) is 33.3 Å². The minimum Gasteiger partial charge on any atom is -0.324 e. The maximum Gasteiger partial charge on any atom is 0.250 e. The predicted octanol–water partition coefficient (Wildman–Crippen LogP) is 3.65. The van der Waals surface area contributed by atoms with Crippen molar-refractivity contribution in [2.75, 3.05) is 17.2 Å². The molecule has 0 radical (unpaired) electrons. The zero-order valence-electron chi connectivity index (χ0n) is 15.9. The minimum atomic E-state index is -2.31. The van der Waals surface area contributed by atoms with Gasteiger partial charge < -0.3 is 10.6 Å². The Bertz CT molecular complexity index is 1110. The molecular weight excluding hydrogens is 421 g/mol. The van der Waals surface area contributed by atoms with Crippen LogP contribution in [0.15, 0.2) is 24.3 Å². The van der Waals surface area contributed by atoms with Gasteiger partial charge in [0.2, 0.25) is 17.6 Å². The fourth-order valence-corrected chi connectivity index (χ4v) is 5.31. The van der Waals surface area contributed by atoms with Gasteiger partial charge in [0.15, 0.2) is 23.3 Å². The first-order valence-electron chi connectivity index (χ1n) is 9.78. The van der Waals surface area contributed by atoms with Crippen LogP contribution in [0.3, 0.4) is 0 Å². The minimum absolute atomic E-state index is 0.121. The maximum absolute atomic E-state index is 14.1. The molecule has 1 spiro atoms. The number of carbonyl (C=O) groups is 2. The number of halogens is 5. The normalized spacial score (nSPS) is 26.8. The number of benzene rings is 2. The van der Waals surface area contributed by atoms with Crippen molar-refractivity contribution in [3.63, 3.8) is 0 Å². The molecule has 3 aliphatic rings. The van der Waals surface area contributed by atoms with Gasteiger partial charge in [-0.3, -0.25) is 14.5 Å². The van der Waals surface area contributed by atoms with Crippen LogP contribution >= 0.6 is 0 Å². The predicted molar refractivity (Wildman–Crippen MR) is 99.4 cm³/mol. The smallest absolute Gasteiger partial charge is 0.250 e. The molecule has 0 aliphatic carbocycles. The number of nitrogens with one attached hydrogen (secondary N) is 2. The first-order chi connectivity index (χ1) is 14.8. The molecule has 5 rings (SSSR count). The van der Waals surface area contributed by atoms with Crippen LogP contribution in [0.25, 0.3) is 0 Å². The van der Waals surface area contributed by atoms with E-state index in [4.69, 9.17) is 0 Å². The number of hydrogen-bond acceptors (Lipinski definition) is 3. The number of anilines is 2. The van der Waals surface area contributed by atoms with Gasteiger partial charge in [0.25, 0.3) is 0 Å². The third-order valence-electron chi connectivity index (χ3n) is 6.55. The average Bonchev–Trinajstić information content (AvgIpc) is 3.42. The summed E-state index contributed by atoms with van der Waals surface area (Å²) in [5.41, 5.74) is -1.75. The van der Waals surface area contributed by atoms with E-state index in [0.717, 1.165) is 12.8 Å². The molecule has 5 nitrogen and oxygen atoms in total. The Kier molecular flexibility index (Phi) is 4.34. The summed E-state index contributed by atoms with van der Waals surface area (Å²) in [4.78, 5) is 28.3. The highest BCUT2D eigenvalue weighted by molar-refractivity contribution is 6.10. The van der Waals surface area contributed by atoms with E-state index in [9.17, 15) is 31.5 Å². The van der Waals surface area contributed by atoms with E-state index in [1.807, 2.05) is 10.2 Å². The summed E-state index contributed by atoms with van der Waals surface area (Å²) in [6.45, 7) is 0.540. The Hall–Kier alpha value is -3.01. The zero-order chi connectivity index (χ0) is 22.1. The van der Waals surface area contributed by atoms with E-state index in [0.29, 0.717) is 17.8 Å². The lowest BCUT2D eigenvalue weighted by Crippen LogP contribution is -2.53. The van der Waals surface area contributed by atoms with Gasteiger partial charge in [-0.1, -0.05) is 18.2 Å². The fourth-order valence-electron chi connectivity index (χ4n) is 5.31. The van der Waals surface area contributed by atoms with E-state index < -0.39 is 58.0 Å². The SMILES string of the molecule is O=C(Nc1c(F)c(F)c(F)c(F)c1F)C1CC2CCCN2C12C(=O)Nc1ccccc12. The standard InChI is InChI=1S/C21H16F5N3O2/c22-13-14(23)16(25)18(17(26)15(13)24)28-19(30)11-8-9-4-3-7-29(9)21(11)10-5-1-2-6-12(10)27-20(21)31/h1-2,5-6,9,11H,3-4,7-8H2,(H,27,31)(H,28,30). The van der Waals surface area contributed by atoms with Crippen LogP contribution in [0.5, 0.6) is 0 Å². The summed E-state index contributed by atoms with van der Waals surface area (Å²) in [6.07, 6.45) is 1.75. The van der Waals surface area contributed by atoms with Crippen LogP contribution < -0.4 is 10.6 Å². The quantitative estimate of drug-likeness (QED) is 0.429. The molecule has 3 atom stereocenters. The summed E-state index contributed by atoms with van der Waals surface area (Å²) < 4.78 is 68.8. The highest BCUT2D eigenvalue weighted by Gasteiger charge is 2.65. The van der Waals surface area contributed by atoms with Gasteiger partial charge in [0.1, 0.15) is 11.2 Å². The van der Waals surface area contributed by atoms with Gasteiger partial charge in [0, 0.05) is 17.3 Å². The van der Waals surface area contributed by atoms with Crippen LogP contribution in [0.1, 0.15) is 24.8 Å². The number of fused-ring (bicyclic) bond motifs is 4. The van der Waals surface area contributed by atoms with Gasteiger partial charge in [0.05, 0.1) is 5.92 Å². The van der Waals surface area contributed by atoms with Crippen LogP contribution in [0.2, 0.25) is 0 Å². The molecule has 3 heterocycles. The Labute approximate surface area is 173 Å². The van der Waals surface area contributed by atoms with Crippen molar-refractivity contribution in [2.45, 2.75) is 30.8 Å². The molecule has 10 heteroatoms. The van der Waals surface area contributed by atoms with Crippen molar-refractivity contribution in [3.05, 3.63) is 58.9 Å². The molecule has 0 aromatic heterocycles. The third kappa shape index (κ3) is 2.51. The van der Waals surface area contributed by atoms with Crippen molar-refractivity contribution in [2.24, 2.45) is 5.92 Å². The monoisotopic (exact) mass is 437 g/mol. The molecule has 2 aromatic rings. The lowest BCUT2D eigenvalue weighted by molar-refractivity contribution is -0.135. The molecule has 162 valence electrons. The van der Waals surface area contributed by atoms with Gasteiger partial charge in [-0.2, -0.15) is 0 Å². The number of hydrogen-bond donors (Lipinski definition) is 2. The van der Waals surface area contributed by atoms with E-state index in [2.05, 4.69) is 5.32 Å². The summed E-state index contributed by atoms with van der Waals surface area (Å²) >= 11 is 0. The van der Waals surface area contributed by atoms with E-state index in [1.54, 1.807) is 24.3 Å². The van der Waals surface area contributed by atoms with Gasteiger partial charge in [-0.25, -0.2) is 22.0 Å². The molecule has 0 bridgehead atoms. The first kappa shape index (κ1) is 19.9. The second kappa shape index (κ2) is 6.74. The number of rotatable bonds is 2. The van der Waals surface area contributed by atoms with Crippen LogP contribution in [0, 0.1) is 35.0 Å². The summed E-state index contributed by atoms with van der Waals surface area (Å²) in [7, 11) is 0. The Morgan fingerprint density at radius 3 is 2.39 bits per heavy atom. The molecule has 2 saturated heterocycles. The van der Waals surface area contributed by atoms with Crippen molar-refractivity contribution in [3.8, 4) is 0 Å². The van der Waals surface area contributed by atoms with Gasteiger partial charge >= 0.3 is 0 Å². The van der Waals surface area contributed by atoms with Gasteiger partial charge in [-0.15, -0.1) is 0 Å². The summed E-state index contributed by atoms with van der Waals surface area (Å²) in [5.74, 6) is -13.4. The lowest BCUT2D eigenvalue weighted by Gasteiger charge is -2.36. The van der Waals surface area contributed by atoms with Crippen molar-refractivity contribution in [1.82, 2.24) is 4.90 Å². The van der Waals surface area contributed by atoms with Crippen molar-refractivity contribution >= 4 is 23.2 Å². The van der Waals surface area contributed by atoms with Gasteiger partial charge in [-0.05, 0) is 31.9 Å². The third-order valence-corrected chi connectivity index (χ3v) is 6.55. The lowest BCUT2D eigenvalue weighted by atomic mass is 9.78. The van der Waals surface area contributed by atoms with E-state index >= 15 is 0 Å². The van der Waals surface area contributed by atoms with E-state index in [-0.39, 0.29) is 12.5 Å². The highest BCUT2D eigenvalue weighted by Crippen LogP contribution is 2.55. The molecule has 2 amide bonds. The number of amides is 2. The van der Waals surface area contributed by atoms with Crippen molar-refractivity contribution < 1.29 is 31.5 Å². The Morgan fingerprint density at radius 2 is 1.68 bits per heavy atom. The number of para-hydroxylation sites is 1. The molecule has 2 fully saturated rings. The fraction of sp³-hybridized carbons (Fsp3) is 0.333. The topological polar surface area (TPSA) is 61.4 Å². The largest absolute Gasteiger partial charge is 0.324 e. The van der Waals surface area contributed by atoms with Crippen molar-refractivity contribution in [1.29, 1.82) is 0 Å². The summed E-state index contributed by atoms with van der Waals surface area (Å²) in [6, 6.07) is 6.70. The Morgan fingerprint density at radius 1 is 1.03 bits per heavy atom. The van der Waals surface area contributed by atoms with E-state index in [1.165, 1.54) is 0 Å². The Balaban J connectivity index is 1.60. The molecule has 3 aliphatic heterocycles. The van der Waals surface area contributed by atoms with Crippen LogP contribution in [-0.2, 0) is 15.1 Å². The zero-order valence-corrected chi connectivity index (χ0v) is 15.9. The molecular formula is C21H16F5N3O2. The molecule has 2 N–H and O–H groups in total. The maximum atomic E-state index is 14.1. The second-order valence-electron chi connectivity index (χ2n) is 7.98. The molecule has 31 heavy (non-hydrogen) atoms. The molecule has 0 saturated carbocycles. The summed E-state index contributed by atoms with van der Waals surface area (Å²) in [5, 5.41) is 4.64.